The van der Waals surface area contributed by atoms with E-state index in [9.17, 15) is 9.59 Å². The lowest BCUT2D eigenvalue weighted by Gasteiger charge is -2.37. The summed E-state index contributed by atoms with van der Waals surface area (Å²) >= 11 is 0. The number of hydrazine groups is 1. The number of hydrogen-bond acceptors (Lipinski definition) is 4. The Balaban J connectivity index is 2.03. The van der Waals surface area contributed by atoms with Gasteiger partial charge in [-0.15, -0.1) is 0 Å². The molecule has 0 aromatic heterocycles. The molecule has 1 aliphatic rings. The van der Waals surface area contributed by atoms with Gasteiger partial charge < -0.3 is 10.1 Å². The largest absolute Gasteiger partial charge is 0.444 e. The van der Waals surface area contributed by atoms with Crippen LogP contribution in [-0.4, -0.2) is 53.3 Å². The third-order valence-electron chi connectivity index (χ3n) is 5.57. The molecule has 0 saturated carbocycles. The lowest BCUT2D eigenvalue weighted by atomic mass is 9.84. The van der Waals surface area contributed by atoms with Gasteiger partial charge in [0.25, 0.3) is 5.91 Å². The second kappa shape index (κ2) is 10.6. The lowest BCUT2D eigenvalue weighted by molar-refractivity contribution is -0.149. The van der Waals surface area contributed by atoms with Gasteiger partial charge in [-0.3, -0.25) is 9.80 Å². The van der Waals surface area contributed by atoms with Crippen molar-refractivity contribution in [2.45, 2.75) is 58.1 Å². The van der Waals surface area contributed by atoms with Gasteiger partial charge in [-0.2, -0.15) is 0 Å². The Labute approximate surface area is 191 Å². The van der Waals surface area contributed by atoms with E-state index in [1.807, 2.05) is 88.4 Å². The van der Waals surface area contributed by atoms with Gasteiger partial charge in [-0.1, -0.05) is 60.7 Å². The Morgan fingerprint density at radius 3 is 1.91 bits per heavy atom. The molecule has 3 rings (SSSR count). The first kappa shape index (κ1) is 23.8. The molecule has 0 bridgehead atoms. The fourth-order valence-electron chi connectivity index (χ4n) is 4.22. The van der Waals surface area contributed by atoms with Crippen LogP contribution in [0.1, 0.15) is 57.6 Å². The maximum Gasteiger partial charge on any atom is 0.408 e. The quantitative estimate of drug-likeness (QED) is 0.689. The summed E-state index contributed by atoms with van der Waals surface area (Å²) in [7, 11) is 0. The van der Waals surface area contributed by atoms with Crippen molar-refractivity contribution in [3.8, 4) is 0 Å². The molecule has 1 aliphatic heterocycles. The van der Waals surface area contributed by atoms with E-state index in [-0.39, 0.29) is 11.8 Å². The highest BCUT2D eigenvalue weighted by Gasteiger charge is 2.38. The molecule has 0 spiro atoms. The molecular formula is C26H35N3O3. The van der Waals surface area contributed by atoms with Crippen molar-refractivity contribution in [1.29, 1.82) is 0 Å². The molecule has 0 unspecified atom stereocenters. The van der Waals surface area contributed by atoms with E-state index in [1.165, 1.54) is 0 Å². The highest BCUT2D eigenvalue weighted by Crippen LogP contribution is 2.30. The monoisotopic (exact) mass is 437 g/mol. The average Bonchev–Trinajstić information content (AvgIpc) is 3.28. The van der Waals surface area contributed by atoms with Gasteiger partial charge in [0.1, 0.15) is 11.6 Å². The van der Waals surface area contributed by atoms with Gasteiger partial charge in [0, 0.05) is 25.6 Å². The standard InChI is InChI=1S/C26H35N3O3/c1-5-29(28-18-12-13-19-28)24(30)23(27-25(31)32-26(2,3)4)22(20-14-8-6-9-15-20)21-16-10-7-11-17-21/h6-11,14-17,22-23H,5,12-13,18-19H2,1-4H3,(H,27,31)/t23-/m0/s1. The van der Waals surface area contributed by atoms with E-state index >= 15 is 0 Å². The van der Waals surface area contributed by atoms with E-state index in [4.69, 9.17) is 4.74 Å². The molecule has 6 heteroatoms. The molecule has 1 fully saturated rings. The molecule has 2 aromatic rings. The van der Waals surface area contributed by atoms with Crippen molar-refractivity contribution in [2.75, 3.05) is 19.6 Å². The van der Waals surface area contributed by atoms with Crippen molar-refractivity contribution in [3.63, 3.8) is 0 Å². The Morgan fingerprint density at radius 1 is 0.969 bits per heavy atom. The van der Waals surface area contributed by atoms with Crippen LogP contribution in [0.3, 0.4) is 0 Å². The minimum absolute atomic E-state index is 0.127. The number of rotatable bonds is 7. The summed E-state index contributed by atoms with van der Waals surface area (Å²) in [5.41, 5.74) is 1.27. The van der Waals surface area contributed by atoms with Crippen LogP contribution >= 0.6 is 0 Å². The Bertz CT molecular complexity index is 835. The van der Waals surface area contributed by atoms with Gasteiger partial charge in [0.2, 0.25) is 0 Å². The van der Waals surface area contributed by atoms with Crippen molar-refractivity contribution >= 4 is 12.0 Å². The number of nitrogens with zero attached hydrogens (tertiary/aromatic N) is 2. The highest BCUT2D eigenvalue weighted by molar-refractivity contribution is 5.87. The molecule has 2 amide bonds. The molecule has 0 radical (unpaired) electrons. The maximum absolute atomic E-state index is 14.0. The third kappa shape index (κ3) is 6.10. The number of likely N-dealkylation sites (N-methyl/N-ethyl adjacent to an activating group) is 1. The van der Waals surface area contributed by atoms with Crippen LogP contribution in [0.4, 0.5) is 4.79 Å². The van der Waals surface area contributed by atoms with Crippen molar-refractivity contribution < 1.29 is 14.3 Å². The molecular weight excluding hydrogens is 402 g/mol. The molecule has 2 aromatic carbocycles. The maximum atomic E-state index is 14.0. The average molecular weight is 438 g/mol. The molecule has 1 atom stereocenters. The van der Waals surface area contributed by atoms with E-state index in [2.05, 4.69) is 10.3 Å². The van der Waals surface area contributed by atoms with Crippen molar-refractivity contribution in [2.24, 2.45) is 0 Å². The number of alkyl carbamates (subject to hydrolysis) is 1. The lowest BCUT2D eigenvalue weighted by Crippen LogP contribution is -2.56. The molecule has 32 heavy (non-hydrogen) atoms. The van der Waals surface area contributed by atoms with Crippen LogP contribution in [0.5, 0.6) is 0 Å². The number of hydrogen-bond donors (Lipinski definition) is 1. The first-order valence-electron chi connectivity index (χ1n) is 11.5. The number of nitrogens with one attached hydrogen (secondary N) is 1. The second-order valence-corrected chi connectivity index (χ2v) is 9.14. The second-order valence-electron chi connectivity index (χ2n) is 9.14. The number of amides is 2. The predicted octanol–water partition coefficient (Wildman–Crippen LogP) is 4.57. The Morgan fingerprint density at radius 2 is 1.47 bits per heavy atom. The van der Waals surface area contributed by atoms with Crippen molar-refractivity contribution in [3.05, 3.63) is 71.8 Å². The van der Waals surface area contributed by atoms with Gasteiger partial charge in [0.05, 0.1) is 0 Å². The molecule has 1 saturated heterocycles. The van der Waals surface area contributed by atoms with Crippen LogP contribution in [0.15, 0.2) is 60.7 Å². The zero-order valence-corrected chi connectivity index (χ0v) is 19.6. The zero-order valence-electron chi connectivity index (χ0n) is 19.6. The van der Waals surface area contributed by atoms with Crippen LogP contribution in [0, 0.1) is 0 Å². The summed E-state index contributed by atoms with van der Waals surface area (Å²) in [6.07, 6.45) is 1.54. The molecule has 1 heterocycles. The zero-order chi connectivity index (χ0) is 23.1. The highest BCUT2D eigenvalue weighted by atomic mass is 16.6. The van der Waals surface area contributed by atoms with Crippen LogP contribution < -0.4 is 5.32 Å². The number of carbonyl (C=O) groups is 2. The van der Waals surface area contributed by atoms with E-state index in [1.54, 1.807) is 5.01 Å². The van der Waals surface area contributed by atoms with E-state index < -0.39 is 17.7 Å². The SMILES string of the molecule is CCN(C(=O)[C@@H](NC(=O)OC(C)(C)C)C(c1ccccc1)c1ccccc1)N1CCCC1. The first-order chi connectivity index (χ1) is 15.3. The summed E-state index contributed by atoms with van der Waals surface area (Å²) in [6.45, 7) is 9.66. The Kier molecular flexibility index (Phi) is 7.91. The minimum atomic E-state index is -0.810. The number of ether oxygens (including phenoxy) is 1. The smallest absolute Gasteiger partial charge is 0.408 e. The summed E-state index contributed by atoms with van der Waals surface area (Å²) in [5, 5.41) is 6.81. The van der Waals surface area contributed by atoms with Gasteiger partial charge in [0.15, 0.2) is 0 Å². The van der Waals surface area contributed by atoms with E-state index in [0.29, 0.717) is 6.54 Å². The molecule has 172 valence electrons. The predicted molar refractivity (Wildman–Crippen MR) is 126 cm³/mol. The third-order valence-corrected chi connectivity index (χ3v) is 5.57. The topological polar surface area (TPSA) is 61.9 Å². The van der Waals surface area contributed by atoms with Crippen LogP contribution in [0.2, 0.25) is 0 Å². The molecule has 0 aliphatic carbocycles. The molecule has 1 N–H and O–H groups in total. The number of benzene rings is 2. The first-order valence-corrected chi connectivity index (χ1v) is 11.5. The fourth-order valence-corrected chi connectivity index (χ4v) is 4.22. The summed E-state index contributed by atoms with van der Waals surface area (Å²) in [4.78, 5) is 26.8. The van der Waals surface area contributed by atoms with E-state index in [0.717, 1.165) is 37.1 Å². The van der Waals surface area contributed by atoms with Gasteiger partial charge in [-0.25, -0.2) is 9.80 Å². The van der Waals surface area contributed by atoms with Crippen LogP contribution in [-0.2, 0) is 9.53 Å². The molecule has 6 nitrogen and oxygen atoms in total. The van der Waals surface area contributed by atoms with Crippen LogP contribution in [0.25, 0.3) is 0 Å². The number of carbonyl (C=O) groups excluding carboxylic acids is 2. The Hall–Kier alpha value is -2.86. The van der Waals surface area contributed by atoms with Gasteiger partial charge >= 0.3 is 6.09 Å². The summed E-state index contributed by atoms with van der Waals surface area (Å²) in [6, 6.07) is 18.9. The summed E-state index contributed by atoms with van der Waals surface area (Å²) < 4.78 is 5.54. The summed E-state index contributed by atoms with van der Waals surface area (Å²) in [5.74, 6) is -0.480. The normalized spacial score (nSPS) is 15.4. The van der Waals surface area contributed by atoms with Gasteiger partial charge in [-0.05, 0) is 51.7 Å². The minimum Gasteiger partial charge on any atom is -0.444 e. The van der Waals surface area contributed by atoms with Crippen molar-refractivity contribution in [1.82, 2.24) is 15.3 Å². The fraction of sp³-hybridized carbons (Fsp3) is 0.462.